The van der Waals surface area contributed by atoms with Crippen molar-refractivity contribution >= 4 is 10.8 Å². The second-order valence-electron chi connectivity index (χ2n) is 7.22. The molecule has 0 fully saturated rings. The van der Waals surface area contributed by atoms with E-state index in [0.717, 1.165) is 6.54 Å². The highest BCUT2D eigenvalue weighted by Gasteiger charge is 2.14. The molecule has 0 aliphatic heterocycles. The topological polar surface area (TPSA) is 3.24 Å². The van der Waals surface area contributed by atoms with E-state index in [-0.39, 0.29) is 0 Å². The first-order valence-electron chi connectivity index (χ1n) is 8.69. The molecule has 3 aromatic rings. The van der Waals surface area contributed by atoms with Crippen molar-refractivity contribution in [1.29, 1.82) is 0 Å². The zero-order chi connectivity index (χ0) is 17.3. The van der Waals surface area contributed by atoms with Crippen LogP contribution >= 0.6 is 0 Å². The van der Waals surface area contributed by atoms with E-state index in [4.69, 9.17) is 0 Å². The van der Waals surface area contributed by atoms with E-state index in [1.54, 1.807) is 0 Å². The number of nitrogens with zero attached hydrogens (tertiary/aromatic N) is 1. The molecule has 1 nitrogen and oxygen atoms in total. The molecule has 0 saturated carbocycles. The molecule has 0 N–H and O–H groups in total. The monoisotopic (exact) mass is 317 g/mol. The molecule has 124 valence electrons. The minimum Gasteiger partial charge on any atom is -0.305 e. The van der Waals surface area contributed by atoms with Gasteiger partial charge in [-0.1, -0.05) is 67.1 Å². The van der Waals surface area contributed by atoms with Gasteiger partial charge in [-0.05, 0) is 61.0 Å². The maximum Gasteiger partial charge on any atom is 0.0227 e. The fourth-order valence-electron chi connectivity index (χ4n) is 3.60. The average Bonchev–Trinajstić information content (AvgIpc) is 2.54. The van der Waals surface area contributed by atoms with Gasteiger partial charge in [0.05, 0.1) is 0 Å². The minimum atomic E-state index is 0.393. The molecule has 0 amide bonds. The van der Waals surface area contributed by atoms with Crippen molar-refractivity contribution in [2.45, 2.75) is 33.2 Å². The zero-order valence-electron chi connectivity index (χ0n) is 15.4. The molecule has 1 unspecified atom stereocenters. The van der Waals surface area contributed by atoms with Gasteiger partial charge < -0.3 is 4.90 Å². The number of hydrogen-bond acceptors (Lipinski definition) is 1. The SMILES string of the molecule is Cc1ccc2c(C(C)c3ccc(CN(C)C)cc3)c(C)ccc2c1. The number of benzene rings is 3. The van der Waals surface area contributed by atoms with Gasteiger partial charge in [0.1, 0.15) is 0 Å². The zero-order valence-corrected chi connectivity index (χ0v) is 15.4. The van der Waals surface area contributed by atoms with Crippen LogP contribution in [0.4, 0.5) is 0 Å². The summed E-state index contributed by atoms with van der Waals surface area (Å²) in [5.41, 5.74) is 6.89. The van der Waals surface area contributed by atoms with Crippen molar-refractivity contribution in [3.8, 4) is 0 Å². The molecule has 0 aliphatic carbocycles. The predicted molar refractivity (Wildman–Crippen MR) is 105 cm³/mol. The lowest BCUT2D eigenvalue weighted by molar-refractivity contribution is 0.402. The van der Waals surface area contributed by atoms with Crippen LogP contribution in [0.25, 0.3) is 10.8 Å². The van der Waals surface area contributed by atoms with Crippen LogP contribution < -0.4 is 0 Å². The van der Waals surface area contributed by atoms with Gasteiger partial charge in [-0.25, -0.2) is 0 Å². The minimum absolute atomic E-state index is 0.393. The molecular weight excluding hydrogens is 290 g/mol. The van der Waals surface area contributed by atoms with Gasteiger partial charge in [-0.3, -0.25) is 0 Å². The van der Waals surface area contributed by atoms with Crippen LogP contribution in [0.3, 0.4) is 0 Å². The molecule has 3 aromatic carbocycles. The molecule has 0 aliphatic rings. The average molecular weight is 317 g/mol. The highest BCUT2D eigenvalue weighted by Crippen LogP contribution is 2.33. The maximum absolute atomic E-state index is 2.32. The molecule has 0 heterocycles. The maximum atomic E-state index is 2.32. The fourth-order valence-corrected chi connectivity index (χ4v) is 3.60. The van der Waals surface area contributed by atoms with Gasteiger partial charge in [0.15, 0.2) is 0 Å². The number of rotatable bonds is 4. The first kappa shape index (κ1) is 16.7. The van der Waals surface area contributed by atoms with Gasteiger partial charge in [-0.2, -0.15) is 0 Å². The van der Waals surface area contributed by atoms with Crippen LogP contribution in [0.1, 0.15) is 40.7 Å². The third kappa shape index (κ3) is 3.37. The highest BCUT2D eigenvalue weighted by atomic mass is 15.0. The van der Waals surface area contributed by atoms with Crippen LogP contribution in [-0.4, -0.2) is 19.0 Å². The summed E-state index contributed by atoms with van der Waals surface area (Å²) in [4.78, 5) is 2.20. The standard InChI is InChI=1S/C23H27N/c1-16-6-13-22-21(14-16)10-7-17(2)23(22)18(3)20-11-8-19(9-12-20)15-24(4)5/h6-14,18H,15H2,1-5H3. The molecule has 0 saturated heterocycles. The van der Waals surface area contributed by atoms with Crippen LogP contribution in [0.2, 0.25) is 0 Å². The third-order valence-corrected chi connectivity index (χ3v) is 4.85. The first-order chi connectivity index (χ1) is 11.5. The molecule has 0 radical (unpaired) electrons. The van der Waals surface area contributed by atoms with Crippen molar-refractivity contribution in [3.05, 3.63) is 82.4 Å². The lowest BCUT2D eigenvalue weighted by Gasteiger charge is -2.19. The molecule has 0 bridgehead atoms. The van der Waals surface area contributed by atoms with Crippen molar-refractivity contribution in [3.63, 3.8) is 0 Å². The smallest absolute Gasteiger partial charge is 0.0227 e. The molecule has 0 spiro atoms. The van der Waals surface area contributed by atoms with Gasteiger partial charge in [0.25, 0.3) is 0 Å². The van der Waals surface area contributed by atoms with Crippen LogP contribution in [0, 0.1) is 13.8 Å². The second-order valence-corrected chi connectivity index (χ2v) is 7.22. The van der Waals surface area contributed by atoms with Crippen molar-refractivity contribution in [2.75, 3.05) is 14.1 Å². The van der Waals surface area contributed by atoms with E-state index < -0.39 is 0 Å². The van der Waals surface area contributed by atoms with Crippen LogP contribution in [-0.2, 0) is 6.54 Å². The van der Waals surface area contributed by atoms with E-state index in [0.29, 0.717) is 5.92 Å². The van der Waals surface area contributed by atoms with Crippen molar-refractivity contribution < 1.29 is 0 Å². The van der Waals surface area contributed by atoms with E-state index in [1.807, 2.05) is 0 Å². The lowest BCUT2D eigenvalue weighted by Crippen LogP contribution is -2.10. The van der Waals surface area contributed by atoms with Gasteiger partial charge in [-0.15, -0.1) is 0 Å². The molecule has 3 rings (SSSR count). The quantitative estimate of drug-likeness (QED) is 0.599. The summed E-state index contributed by atoms with van der Waals surface area (Å²) in [6.07, 6.45) is 0. The van der Waals surface area contributed by atoms with E-state index in [1.165, 1.54) is 38.6 Å². The van der Waals surface area contributed by atoms with Crippen LogP contribution in [0.15, 0.2) is 54.6 Å². The van der Waals surface area contributed by atoms with E-state index in [2.05, 4.69) is 94.4 Å². The molecular formula is C23H27N. The summed E-state index contributed by atoms with van der Waals surface area (Å²) in [6, 6.07) is 20.4. The third-order valence-electron chi connectivity index (χ3n) is 4.85. The normalized spacial score (nSPS) is 12.8. The molecule has 1 heteroatoms. The Balaban J connectivity index is 2.02. The number of aryl methyl sites for hydroxylation is 2. The number of fused-ring (bicyclic) bond motifs is 1. The van der Waals surface area contributed by atoms with Gasteiger partial charge >= 0.3 is 0 Å². The number of hydrogen-bond donors (Lipinski definition) is 0. The molecule has 24 heavy (non-hydrogen) atoms. The Bertz CT molecular complexity index is 844. The van der Waals surface area contributed by atoms with E-state index in [9.17, 15) is 0 Å². The summed E-state index contributed by atoms with van der Waals surface area (Å²) >= 11 is 0. The van der Waals surface area contributed by atoms with Gasteiger partial charge in [0, 0.05) is 12.5 Å². The molecule has 0 aromatic heterocycles. The Morgan fingerprint density at radius 3 is 2.25 bits per heavy atom. The van der Waals surface area contributed by atoms with Crippen LogP contribution in [0.5, 0.6) is 0 Å². The largest absolute Gasteiger partial charge is 0.305 e. The summed E-state index contributed by atoms with van der Waals surface area (Å²) in [5, 5.41) is 2.72. The second kappa shape index (κ2) is 6.78. The Morgan fingerprint density at radius 1 is 0.875 bits per heavy atom. The Labute approximate surface area is 145 Å². The van der Waals surface area contributed by atoms with Crippen molar-refractivity contribution in [1.82, 2.24) is 4.90 Å². The highest BCUT2D eigenvalue weighted by molar-refractivity contribution is 5.88. The summed E-state index contributed by atoms with van der Waals surface area (Å²) in [7, 11) is 4.22. The lowest BCUT2D eigenvalue weighted by atomic mass is 9.85. The van der Waals surface area contributed by atoms with E-state index >= 15 is 0 Å². The summed E-state index contributed by atoms with van der Waals surface area (Å²) < 4.78 is 0. The first-order valence-corrected chi connectivity index (χ1v) is 8.69. The van der Waals surface area contributed by atoms with Gasteiger partial charge in [0.2, 0.25) is 0 Å². The Morgan fingerprint density at radius 2 is 1.58 bits per heavy atom. The summed E-state index contributed by atoms with van der Waals surface area (Å²) in [6.45, 7) is 7.70. The van der Waals surface area contributed by atoms with Crippen molar-refractivity contribution in [2.24, 2.45) is 0 Å². The Hall–Kier alpha value is -2.12. The summed E-state index contributed by atoms with van der Waals surface area (Å²) in [5.74, 6) is 0.393. The predicted octanol–water partition coefficient (Wildman–Crippen LogP) is 5.67. The Kier molecular flexibility index (Phi) is 4.73. The molecule has 1 atom stereocenters. The fraction of sp³-hybridized carbons (Fsp3) is 0.304.